The zero-order valence-corrected chi connectivity index (χ0v) is 8.03. The van der Waals surface area contributed by atoms with Crippen molar-refractivity contribution in [3.63, 3.8) is 0 Å². The summed E-state index contributed by atoms with van der Waals surface area (Å²) < 4.78 is 5.32. The molecule has 0 unspecified atom stereocenters. The summed E-state index contributed by atoms with van der Waals surface area (Å²) in [5.74, 6) is 0.463. The van der Waals surface area contributed by atoms with E-state index in [1.54, 1.807) is 0 Å². The molecule has 2 rings (SSSR count). The lowest BCUT2D eigenvalue weighted by atomic mass is 10.2. The summed E-state index contributed by atoms with van der Waals surface area (Å²) in [6.45, 7) is 0.395. The molecule has 1 aromatic heterocycles. The van der Waals surface area contributed by atoms with Crippen molar-refractivity contribution in [2.45, 2.75) is 6.61 Å². The van der Waals surface area contributed by atoms with E-state index in [2.05, 4.69) is 15.4 Å². The summed E-state index contributed by atoms with van der Waals surface area (Å²) in [7, 11) is 0. The number of nitrogens with one attached hydrogen (secondary N) is 1. The minimum atomic E-state index is 0.395. The summed E-state index contributed by atoms with van der Waals surface area (Å²) >= 11 is 5.94. The lowest BCUT2D eigenvalue weighted by Crippen LogP contribution is -1.96. The predicted molar refractivity (Wildman–Crippen MR) is 52.2 cm³/mol. The molecule has 14 heavy (non-hydrogen) atoms. The van der Waals surface area contributed by atoms with Crippen molar-refractivity contribution in [3.8, 4) is 5.88 Å². The number of hydrogen-bond acceptors (Lipinski definition) is 3. The molecular formula is C9H8ClN3O. The van der Waals surface area contributed by atoms with Crippen molar-refractivity contribution < 1.29 is 4.74 Å². The third kappa shape index (κ3) is 2.03. The van der Waals surface area contributed by atoms with Gasteiger partial charge in [-0.1, -0.05) is 29.8 Å². The van der Waals surface area contributed by atoms with Crippen LogP contribution in [0.25, 0.3) is 0 Å². The predicted octanol–water partition coefficient (Wildman–Crippen LogP) is 2.04. The lowest BCUT2D eigenvalue weighted by molar-refractivity contribution is 0.293. The van der Waals surface area contributed by atoms with Crippen LogP contribution in [0.15, 0.2) is 30.5 Å². The van der Waals surface area contributed by atoms with E-state index >= 15 is 0 Å². The molecule has 0 amide bonds. The maximum Gasteiger partial charge on any atom is 0.253 e. The maximum atomic E-state index is 5.94. The van der Waals surface area contributed by atoms with Crippen molar-refractivity contribution in [1.29, 1.82) is 0 Å². The van der Waals surface area contributed by atoms with E-state index < -0.39 is 0 Å². The second kappa shape index (κ2) is 4.11. The molecule has 2 aromatic rings. The Morgan fingerprint density at radius 1 is 1.36 bits per heavy atom. The molecule has 0 fully saturated rings. The highest BCUT2D eigenvalue weighted by Gasteiger charge is 2.01. The molecular weight excluding hydrogens is 202 g/mol. The Bertz CT molecular complexity index is 402. The van der Waals surface area contributed by atoms with E-state index in [4.69, 9.17) is 16.3 Å². The molecule has 0 radical (unpaired) electrons. The fourth-order valence-corrected chi connectivity index (χ4v) is 1.22. The number of ether oxygens (including phenoxy) is 1. The molecule has 0 aliphatic carbocycles. The van der Waals surface area contributed by atoms with Gasteiger partial charge in [0.1, 0.15) is 12.8 Å². The van der Waals surface area contributed by atoms with Gasteiger partial charge in [-0.25, -0.2) is 0 Å². The second-order valence-electron chi connectivity index (χ2n) is 2.69. The van der Waals surface area contributed by atoms with Crippen LogP contribution in [0.2, 0.25) is 5.02 Å². The van der Waals surface area contributed by atoms with Crippen LogP contribution in [0.5, 0.6) is 5.88 Å². The Labute approximate surface area is 85.9 Å². The van der Waals surface area contributed by atoms with Crippen LogP contribution in [0.1, 0.15) is 5.56 Å². The van der Waals surface area contributed by atoms with Crippen LogP contribution in [0, 0.1) is 0 Å². The smallest absolute Gasteiger partial charge is 0.253 e. The molecule has 0 saturated heterocycles. The molecule has 0 spiro atoms. The van der Waals surface area contributed by atoms with E-state index in [0.717, 1.165) is 5.56 Å². The highest BCUT2D eigenvalue weighted by Crippen LogP contribution is 2.16. The minimum Gasteiger partial charge on any atom is -0.471 e. The number of hydrogen-bond donors (Lipinski definition) is 1. The minimum absolute atomic E-state index is 0.395. The van der Waals surface area contributed by atoms with Crippen molar-refractivity contribution in [2.75, 3.05) is 0 Å². The Kier molecular flexibility index (Phi) is 2.65. The van der Waals surface area contributed by atoms with Gasteiger partial charge in [0.15, 0.2) is 0 Å². The molecule has 5 heteroatoms. The first kappa shape index (κ1) is 9.02. The normalized spacial score (nSPS) is 10.1. The molecule has 0 aliphatic rings. The molecule has 72 valence electrons. The molecule has 1 heterocycles. The highest BCUT2D eigenvalue weighted by atomic mass is 35.5. The van der Waals surface area contributed by atoms with Crippen LogP contribution in [0.3, 0.4) is 0 Å². The molecule has 0 aliphatic heterocycles. The first-order chi connectivity index (χ1) is 6.86. The van der Waals surface area contributed by atoms with Crippen molar-refractivity contribution in [2.24, 2.45) is 0 Å². The average Bonchev–Trinajstić information content (AvgIpc) is 2.69. The summed E-state index contributed by atoms with van der Waals surface area (Å²) in [6.07, 6.45) is 1.51. The Morgan fingerprint density at radius 3 is 2.93 bits per heavy atom. The van der Waals surface area contributed by atoms with Gasteiger partial charge in [-0.05, 0) is 6.07 Å². The van der Waals surface area contributed by atoms with Gasteiger partial charge in [0.25, 0.3) is 5.88 Å². The van der Waals surface area contributed by atoms with Gasteiger partial charge in [0, 0.05) is 10.6 Å². The van der Waals surface area contributed by atoms with Gasteiger partial charge in [0.2, 0.25) is 0 Å². The fourth-order valence-electron chi connectivity index (χ4n) is 1.03. The van der Waals surface area contributed by atoms with Gasteiger partial charge in [-0.3, -0.25) is 0 Å². The fraction of sp³-hybridized carbons (Fsp3) is 0.111. The molecule has 0 bridgehead atoms. The van der Waals surface area contributed by atoms with Gasteiger partial charge < -0.3 is 4.74 Å². The first-order valence-electron chi connectivity index (χ1n) is 4.08. The van der Waals surface area contributed by atoms with E-state index in [0.29, 0.717) is 17.5 Å². The number of H-pyrrole nitrogens is 1. The highest BCUT2D eigenvalue weighted by molar-refractivity contribution is 6.31. The number of nitrogens with zero attached hydrogens (tertiary/aromatic N) is 2. The zero-order chi connectivity index (χ0) is 9.80. The standard InChI is InChI=1S/C9H8ClN3O/c10-8-4-2-1-3-7(8)6-14-9-5-11-13-12-9/h1-5H,6H2,(H,11,12,13). The Balaban J connectivity index is 2.02. The van der Waals surface area contributed by atoms with Crippen LogP contribution in [-0.4, -0.2) is 15.4 Å². The van der Waals surface area contributed by atoms with E-state index in [1.807, 2.05) is 24.3 Å². The van der Waals surface area contributed by atoms with Gasteiger partial charge in [0.05, 0.1) is 0 Å². The Morgan fingerprint density at radius 2 is 2.21 bits per heavy atom. The topological polar surface area (TPSA) is 50.8 Å². The van der Waals surface area contributed by atoms with Gasteiger partial charge in [-0.15, -0.1) is 5.10 Å². The van der Waals surface area contributed by atoms with Crippen LogP contribution < -0.4 is 4.74 Å². The number of benzene rings is 1. The number of aromatic amines is 1. The number of halogens is 1. The second-order valence-corrected chi connectivity index (χ2v) is 3.10. The van der Waals surface area contributed by atoms with Crippen LogP contribution >= 0.6 is 11.6 Å². The molecule has 4 nitrogen and oxygen atoms in total. The van der Waals surface area contributed by atoms with E-state index in [-0.39, 0.29) is 0 Å². The van der Waals surface area contributed by atoms with E-state index in [9.17, 15) is 0 Å². The number of aromatic nitrogens is 3. The SMILES string of the molecule is Clc1ccccc1COc1cn[nH]n1. The van der Waals surface area contributed by atoms with E-state index in [1.165, 1.54) is 6.20 Å². The Hall–Kier alpha value is -1.55. The average molecular weight is 210 g/mol. The maximum absolute atomic E-state index is 5.94. The van der Waals surface area contributed by atoms with Gasteiger partial charge >= 0.3 is 0 Å². The molecule has 1 N–H and O–H groups in total. The third-order valence-electron chi connectivity index (χ3n) is 1.73. The third-order valence-corrected chi connectivity index (χ3v) is 2.10. The van der Waals surface area contributed by atoms with Crippen molar-refractivity contribution in [1.82, 2.24) is 15.4 Å². The van der Waals surface area contributed by atoms with Gasteiger partial charge in [-0.2, -0.15) is 10.3 Å². The largest absolute Gasteiger partial charge is 0.471 e. The summed E-state index contributed by atoms with van der Waals surface area (Å²) in [6, 6.07) is 7.51. The first-order valence-corrected chi connectivity index (χ1v) is 4.46. The quantitative estimate of drug-likeness (QED) is 0.842. The molecule has 0 atom stereocenters. The molecule has 0 saturated carbocycles. The van der Waals surface area contributed by atoms with Crippen molar-refractivity contribution in [3.05, 3.63) is 41.0 Å². The summed E-state index contributed by atoms with van der Waals surface area (Å²) in [4.78, 5) is 0. The monoisotopic (exact) mass is 209 g/mol. The molecule has 1 aromatic carbocycles. The van der Waals surface area contributed by atoms with Crippen LogP contribution in [0.4, 0.5) is 0 Å². The lowest BCUT2D eigenvalue weighted by Gasteiger charge is -2.03. The summed E-state index contributed by atoms with van der Waals surface area (Å²) in [5, 5.41) is 10.5. The zero-order valence-electron chi connectivity index (χ0n) is 7.27. The number of rotatable bonds is 3. The summed E-state index contributed by atoms with van der Waals surface area (Å²) in [5.41, 5.74) is 0.928. The van der Waals surface area contributed by atoms with Crippen molar-refractivity contribution >= 4 is 11.6 Å². The van der Waals surface area contributed by atoms with Crippen LogP contribution in [-0.2, 0) is 6.61 Å².